The van der Waals surface area contributed by atoms with Gasteiger partial charge in [-0.15, -0.1) is 0 Å². The lowest BCUT2D eigenvalue weighted by Gasteiger charge is -2.30. The Kier molecular flexibility index (Phi) is 4.97. The van der Waals surface area contributed by atoms with Crippen LogP contribution in [0.15, 0.2) is 30.3 Å². The second kappa shape index (κ2) is 6.71. The van der Waals surface area contributed by atoms with Crippen molar-refractivity contribution in [3.8, 4) is 0 Å². The maximum Gasteiger partial charge on any atom is 0.227 e. The first-order valence-electron chi connectivity index (χ1n) is 7.29. The Morgan fingerprint density at radius 1 is 1.42 bits per heavy atom. The topological polar surface area (TPSA) is 41.1 Å². The highest BCUT2D eigenvalue weighted by molar-refractivity contribution is 5.83. The van der Waals surface area contributed by atoms with Gasteiger partial charge in [-0.25, -0.2) is 0 Å². The molecule has 0 spiro atoms. The summed E-state index contributed by atoms with van der Waals surface area (Å²) in [6, 6.07) is 10.9. The number of amides is 1. The number of hydrogen-bond acceptors (Lipinski definition) is 2. The van der Waals surface area contributed by atoms with E-state index in [0.29, 0.717) is 12.1 Å². The average Bonchev–Trinajstić information content (AvgIpc) is 2.41. The molecular weight excluding hydrogens is 236 g/mol. The number of carbonyl (C=O) groups excluding carboxylic acids is 1. The van der Waals surface area contributed by atoms with E-state index in [4.69, 9.17) is 0 Å². The summed E-state index contributed by atoms with van der Waals surface area (Å²) in [6.45, 7) is 5.24. The molecule has 2 rings (SSSR count). The van der Waals surface area contributed by atoms with Gasteiger partial charge >= 0.3 is 0 Å². The Hall–Kier alpha value is -1.35. The van der Waals surface area contributed by atoms with Gasteiger partial charge in [-0.2, -0.15) is 0 Å². The van der Waals surface area contributed by atoms with Crippen LogP contribution in [0.1, 0.15) is 44.6 Å². The summed E-state index contributed by atoms with van der Waals surface area (Å²) in [5, 5.41) is 6.63. The zero-order valence-electron chi connectivity index (χ0n) is 11.9. The fraction of sp³-hybridized carbons (Fsp3) is 0.562. The largest absolute Gasteiger partial charge is 0.353 e. The molecule has 2 N–H and O–H groups in total. The van der Waals surface area contributed by atoms with Gasteiger partial charge in [0.2, 0.25) is 5.91 Å². The highest BCUT2D eigenvalue weighted by Crippen LogP contribution is 2.20. The Morgan fingerprint density at radius 3 is 2.79 bits per heavy atom. The second-order valence-electron chi connectivity index (χ2n) is 5.46. The van der Waals surface area contributed by atoms with Crippen molar-refractivity contribution in [1.82, 2.24) is 10.6 Å². The molecule has 0 bridgehead atoms. The van der Waals surface area contributed by atoms with Crippen molar-refractivity contribution < 1.29 is 4.79 Å². The predicted molar refractivity (Wildman–Crippen MR) is 78.1 cm³/mol. The molecule has 0 aromatic heterocycles. The summed E-state index contributed by atoms with van der Waals surface area (Å²) >= 11 is 0. The molecule has 3 nitrogen and oxygen atoms in total. The molecule has 0 radical (unpaired) electrons. The van der Waals surface area contributed by atoms with Crippen LogP contribution in [-0.4, -0.2) is 24.5 Å². The molecule has 1 saturated heterocycles. The summed E-state index contributed by atoms with van der Waals surface area (Å²) in [7, 11) is 0. The van der Waals surface area contributed by atoms with Crippen LogP contribution >= 0.6 is 0 Å². The molecule has 1 aliphatic heterocycles. The normalized spacial score (nSPS) is 24.7. The molecule has 3 unspecified atom stereocenters. The minimum atomic E-state index is -0.0219. The number of carbonyl (C=O) groups is 1. The lowest BCUT2D eigenvalue weighted by Crippen LogP contribution is -2.47. The van der Waals surface area contributed by atoms with Crippen LogP contribution in [0.3, 0.4) is 0 Å². The number of rotatable bonds is 4. The summed E-state index contributed by atoms with van der Waals surface area (Å²) in [5.41, 5.74) is 1.12. The zero-order valence-corrected chi connectivity index (χ0v) is 11.9. The maximum absolute atomic E-state index is 12.4. The van der Waals surface area contributed by atoms with Gasteiger partial charge in [0, 0.05) is 12.1 Å². The smallest absolute Gasteiger partial charge is 0.227 e. The van der Waals surface area contributed by atoms with Crippen LogP contribution in [0.25, 0.3) is 0 Å². The third kappa shape index (κ3) is 3.80. The molecule has 0 aliphatic carbocycles. The molecule has 3 atom stereocenters. The van der Waals surface area contributed by atoms with Gasteiger partial charge in [0.25, 0.3) is 0 Å². The summed E-state index contributed by atoms with van der Waals surface area (Å²) in [6.07, 6.45) is 2.90. The van der Waals surface area contributed by atoms with Crippen molar-refractivity contribution in [2.24, 2.45) is 0 Å². The van der Waals surface area contributed by atoms with Gasteiger partial charge in [-0.1, -0.05) is 37.3 Å². The van der Waals surface area contributed by atoms with Crippen molar-refractivity contribution >= 4 is 5.91 Å². The van der Waals surface area contributed by atoms with E-state index in [-0.39, 0.29) is 11.8 Å². The van der Waals surface area contributed by atoms with Crippen LogP contribution in [0.5, 0.6) is 0 Å². The van der Waals surface area contributed by atoms with Crippen LogP contribution in [-0.2, 0) is 4.79 Å². The third-order valence-electron chi connectivity index (χ3n) is 3.90. The van der Waals surface area contributed by atoms with Crippen molar-refractivity contribution in [2.75, 3.05) is 6.54 Å². The molecule has 104 valence electrons. The second-order valence-corrected chi connectivity index (χ2v) is 5.46. The number of hydrogen-bond donors (Lipinski definition) is 2. The van der Waals surface area contributed by atoms with Gasteiger partial charge in [-0.3, -0.25) is 4.79 Å². The van der Waals surface area contributed by atoms with Crippen molar-refractivity contribution in [2.45, 2.75) is 51.1 Å². The Labute approximate surface area is 115 Å². The fourth-order valence-electron chi connectivity index (χ4n) is 2.82. The number of nitrogens with one attached hydrogen (secondary N) is 2. The highest BCUT2D eigenvalue weighted by Gasteiger charge is 2.24. The van der Waals surface area contributed by atoms with Crippen LogP contribution < -0.4 is 10.6 Å². The van der Waals surface area contributed by atoms with Crippen LogP contribution in [0.2, 0.25) is 0 Å². The molecule has 1 heterocycles. The van der Waals surface area contributed by atoms with Crippen LogP contribution in [0, 0.1) is 0 Å². The quantitative estimate of drug-likeness (QED) is 0.873. The lowest BCUT2D eigenvalue weighted by atomic mass is 9.94. The van der Waals surface area contributed by atoms with Gasteiger partial charge < -0.3 is 10.6 Å². The Morgan fingerprint density at radius 2 is 2.16 bits per heavy atom. The van der Waals surface area contributed by atoms with E-state index in [1.54, 1.807) is 0 Å². The first kappa shape index (κ1) is 14.1. The molecule has 1 fully saturated rings. The first-order valence-corrected chi connectivity index (χ1v) is 7.29. The van der Waals surface area contributed by atoms with E-state index < -0.39 is 0 Å². The third-order valence-corrected chi connectivity index (χ3v) is 3.90. The van der Waals surface area contributed by atoms with E-state index >= 15 is 0 Å². The number of benzene rings is 1. The predicted octanol–water partition coefficient (Wildman–Crippen LogP) is 2.44. The molecule has 0 saturated carbocycles. The monoisotopic (exact) mass is 260 g/mol. The molecule has 3 heteroatoms. The molecular formula is C16H24N2O. The average molecular weight is 260 g/mol. The number of piperidine rings is 1. The molecule has 1 aliphatic rings. The Balaban J connectivity index is 1.97. The summed E-state index contributed by atoms with van der Waals surface area (Å²) in [4.78, 5) is 12.4. The lowest BCUT2D eigenvalue weighted by molar-refractivity contribution is -0.123. The highest BCUT2D eigenvalue weighted by atomic mass is 16.1. The Bertz CT molecular complexity index is 404. The van der Waals surface area contributed by atoms with Crippen molar-refractivity contribution in [3.63, 3.8) is 0 Å². The van der Waals surface area contributed by atoms with Gasteiger partial charge in [0.1, 0.15) is 0 Å². The first-order chi connectivity index (χ1) is 9.20. The van der Waals surface area contributed by atoms with Gasteiger partial charge in [0.15, 0.2) is 0 Å². The summed E-state index contributed by atoms with van der Waals surface area (Å²) in [5.74, 6) is 0.152. The van der Waals surface area contributed by atoms with Crippen molar-refractivity contribution in [1.29, 1.82) is 0 Å². The molecule has 19 heavy (non-hydrogen) atoms. The molecule has 1 aromatic carbocycles. The molecule has 1 aromatic rings. The standard InChI is InChI=1S/C16H24N2O/c1-3-15(13-7-5-4-6-8-13)16(19)18-14-9-10-17-12(2)11-14/h4-8,12,14-15,17H,3,9-11H2,1-2H3,(H,18,19). The SMILES string of the molecule is CCC(C(=O)NC1CCNC(C)C1)c1ccccc1. The molecule has 1 amide bonds. The summed E-state index contributed by atoms with van der Waals surface area (Å²) < 4.78 is 0. The van der Waals surface area contributed by atoms with Crippen molar-refractivity contribution in [3.05, 3.63) is 35.9 Å². The fourth-order valence-corrected chi connectivity index (χ4v) is 2.82. The minimum Gasteiger partial charge on any atom is -0.353 e. The van der Waals surface area contributed by atoms with E-state index in [2.05, 4.69) is 24.5 Å². The van der Waals surface area contributed by atoms with E-state index in [9.17, 15) is 4.79 Å². The van der Waals surface area contributed by atoms with Gasteiger partial charge in [-0.05, 0) is 38.3 Å². The zero-order chi connectivity index (χ0) is 13.7. The van der Waals surface area contributed by atoms with Gasteiger partial charge in [0.05, 0.1) is 5.92 Å². The van der Waals surface area contributed by atoms with E-state index in [1.165, 1.54) is 0 Å². The minimum absolute atomic E-state index is 0.0219. The van der Waals surface area contributed by atoms with E-state index in [0.717, 1.165) is 31.4 Å². The van der Waals surface area contributed by atoms with Crippen LogP contribution in [0.4, 0.5) is 0 Å². The van der Waals surface area contributed by atoms with E-state index in [1.807, 2.05) is 30.3 Å². The maximum atomic E-state index is 12.4.